The van der Waals surface area contributed by atoms with Gasteiger partial charge in [0.25, 0.3) is 0 Å². The fourth-order valence-corrected chi connectivity index (χ4v) is 0. The SMILES string of the molecule is O.O=S(=O)([O-])[O-].[Al+3].[Mg+2].[OH-]. The first-order valence-corrected chi connectivity index (χ1v) is 2.00. The van der Waals surface area contributed by atoms with Crippen molar-refractivity contribution in [3.8, 4) is 0 Å². The van der Waals surface area contributed by atoms with E-state index < -0.39 is 10.4 Å². The molecule has 0 rings (SSSR count). The van der Waals surface area contributed by atoms with Gasteiger partial charge in [-0.15, -0.1) is 0 Å². The van der Waals surface area contributed by atoms with E-state index in [4.69, 9.17) is 17.5 Å². The fraction of sp³-hybridized carbons (Fsp3) is 0. The maximum Gasteiger partial charge on any atom is 3.00 e. The maximum absolute atomic E-state index is 8.52. The Labute approximate surface area is 79.1 Å². The molecular formula is H3AlMgO6S+2. The van der Waals surface area contributed by atoms with Crippen LogP contribution in [0.2, 0.25) is 0 Å². The third-order valence-corrected chi connectivity index (χ3v) is 0. The zero-order valence-electron chi connectivity index (χ0n) is 4.27. The summed E-state index contributed by atoms with van der Waals surface area (Å²) in [5.41, 5.74) is 0. The molecule has 3 N–H and O–H groups in total. The molecule has 0 aromatic rings. The van der Waals surface area contributed by atoms with Crippen LogP contribution >= 0.6 is 0 Å². The average molecular weight is 182 g/mol. The quantitative estimate of drug-likeness (QED) is 0.221. The smallest absolute Gasteiger partial charge is 0.870 e. The van der Waals surface area contributed by atoms with Crippen molar-refractivity contribution in [2.75, 3.05) is 0 Å². The van der Waals surface area contributed by atoms with Gasteiger partial charge in [0, 0.05) is 10.4 Å². The Morgan fingerprint density at radius 3 is 1.11 bits per heavy atom. The molecular weight excluding hydrogens is 179 g/mol. The van der Waals surface area contributed by atoms with Crippen molar-refractivity contribution in [1.82, 2.24) is 0 Å². The summed E-state index contributed by atoms with van der Waals surface area (Å²) in [5.74, 6) is 0. The van der Waals surface area contributed by atoms with Crippen molar-refractivity contribution in [3.63, 3.8) is 0 Å². The first-order valence-electron chi connectivity index (χ1n) is 0.667. The molecule has 9 heteroatoms. The van der Waals surface area contributed by atoms with E-state index in [1.54, 1.807) is 0 Å². The standard InChI is InChI=1S/Al.Mg.H2O4S.2H2O/c;;1-5(2,3)4;;/h;;(H2,1,2,3,4);2*1H2/q+3;+2;;;/p-3. The molecule has 0 aliphatic rings. The van der Waals surface area contributed by atoms with Crippen LogP contribution in [0.5, 0.6) is 0 Å². The van der Waals surface area contributed by atoms with Crippen LogP contribution in [0.1, 0.15) is 0 Å². The van der Waals surface area contributed by atoms with Gasteiger partial charge in [0.1, 0.15) is 0 Å². The third-order valence-electron chi connectivity index (χ3n) is 0. The first-order chi connectivity index (χ1) is 2.00. The minimum atomic E-state index is -5.17. The minimum Gasteiger partial charge on any atom is -0.870 e. The van der Waals surface area contributed by atoms with E-state index >= 15 is 0 Å². The van der Waals surface area contributed by atoms with Crippen LogP contribution in [0.15, 0.2) is 0 Å². The zero-order chi connectivity index (χ0) is 4.50. The van der Waals surface area contributed by atoms with Crippen molar-refractivity contribution < 1.29 is 28.5 Å². The van der Waals surface area contributed by atoms with Gasteiger partial charge in [0.05, 0.1) is 0 Å². The Morgan fingerprint density at radius 2 is 1.11 bits per heavy atom. The van der Waals surface area contributed by atoms with Gasteiger partial charge in [-0.25, -0.2) is 0 Å². The molecule has 0 radical (unpaired) electrons. The van der Waals surface area contributed by atoms with Crippen LogP contribution in [0, 0.1) is 0 Å². The van der Waals surface area contributed by atoms with Crippen LogP contribution in [0.4, 0.5) is 0 Å². The van der Waals surface area contributed by atoms with Crippen molar-refractivity contribution >= 4 is 50.8 Å². The molecule has 6 nitrogen and oxygen atoms in total. The van der Waals surface area contributed by atoms with Crippen LogP contribution in [-0.2, 0) is 10.4 Å². The van der Waals surface area contributed by atoms with Crippen molar-refractivity contribution in [2.45, 2.75) is 0 Å². The van der Waals surface area contributed by atoms with E-state index in [0.717, 1.165) is 0 Å². The molecule has 0 amide bonds. The molecule has 0 aliphatic carbocycles. The molecule has 0 aliphatic heterocycles. The summed E-state index contributed by atoms with van der Waals surface area (Å²) in [6.45, 7) is 0. The topological polar surface area (TPSA) is 142 Å². The molecule has 0 heterocycles. The Balaban J connectivity index is -0.0000000133. The largest absolute Gasteiger partial charge is 3.00 e. The predicted molar refractivity (Wildman–Crippen MR) is 27.5 cm³/mol. The van der Waals surface area contributed by atoms with Gasteiger partial charge in [0.15, 0.2) is 0 Å². The second-order valence-electron chi connectivity index (χ2n) is 0.408. The molecule has 0 spiro atoms. The van der Waals surface area contributed by atoms with E-state index in [-0.39, 0.29) is 51.4 Å². The van der Waals surface area contributed by atoms with E-state index in [2.05, 4.69) is 0 Å². The number of hydrogen-bond acceptors (Lipinski definition) is 5. The van der Waals surface area contributed by atoms with E-state index in [1.165, 1.54) is 0 Å². The van der Waals surface area contributed by atoms with E-state index in [0.29, 0.717) is 0 Å². The van der Waals surface area contributed by atoms with Crippen LogP contribution in [0.3, 0.4) is 0 Å². The molecule has 0 unspecified atom stereocenters. The molecule has 9 heavy (non-hydrogen) atoms. The molecule has 0 saturated carbocycles. The summed E-state index contributed by atoms with van der Waals surface area (Å²) in [6, 6.07) is 0. The average Bonchev–Trinajstić information content (AvgIpc) is 0.722. The monoisotopic (exact) mass is 182 g/mol. The molecule has 48 valence electrons. The van der Waals surface area contributed by atoms with Gasteiger partial charge >= 0.3 is 40.4 Å². The fourth-order valence-electron chi connectivity index (χ4n) is 0. The van der Waals surface area contributed by atoms with Gasteiger partial charge in [-0.05, 0) is 0 Å². The first kappa shape index (κ1) is 32.2. The Morgan fingerprint density at radius 1 is 1.11 bits per heavy atom. The van der Waals surface area contributed by atoms with Crippen LogP contribution in [-0.4, -0.2) is 68.9 Å². The summed E-state index contributed by atoms with van der Waals surface area (Å²) >= 11 is 0. The van der Waals surface area contributed by atoms with Crippen LogP contribution in [0.25, 0.3) is 0 Å². The van der Waals surface area contributed by atoms with Gasteiger partial charge in [-0.2, -0.15) is 0 Å². The molecule has 0 saturated heterocycles. The Hall–Kier alpha value is 1.09. The summed E-state index contributed by atoms with van der Waals surface area (Å²) in [4.78, 5) is 0. The Bertz CT molecular complexity index is 96.2. The maximum atomic E-state index is 8.52. The Kier molecular flexibility index (Phi) is 42.3. The summed E-state index contributed by atoms with van der Waals surface area (Å²) in [6.07, 6.45) is 0. The normalized spacial score (nSPS) is 6.44. The van der Waals surface area contributed by atoms with Gasteiger partial charge in [-0.1, -0.05) is 0 Å². The zero-order valence-corrected chi connectivity index (χ0v) is 7.66. The molecule has 0 fully saturated rings. The number of rotatable bonds is 0. The second kappa shape index (κ2) is 11.8. The van der Waals surface area contributed by atoms with Gasteiger partial charge in [0.2, 0.25) is 0 Å². The second-order valence-corrected chi connectivity index (χ2v) is 1.22. The van der Waals surface area contributed by atoms with Crippen molar-refractivity contribution in [1.29, 1.82) is 0 Å². The van der Waals surface area contributed by atoms with Crippen molar-refractivity contribution in [3.05, 3.63) is 0 Å². The molecule has 0 aromatic heterocycles. The molecule has 0 aromatic carbocycles. The minimum absolute atomic E-state index is 0. The summed E-state index contributed by atoms with van der Waals surface area (Å²) < 4.78 is 34.1. The van der Waals surface area contributed by atoms with Gasteiger partial charge < -0.3 is 20.1 Å². The third kappa shape index (κ3) is 385. The van der Waals surface area contributed by atoms with E-state index in [9.17, 15) is 0 Å². The van der Waals surface area contributed by atoms with Crippen LogP contribution < -0.4 is 0 Å². The van der Waals surface area contributed by atoms with Crippen molar-refractivity contribution in [2.24, 2.45) is 0 Å². The molecule has 0 bridgehead atoms. The summed E-state index contributed by atoms with van der Waals surface area (Å²) in [7, 11) is -5.17. The summed E-state index contributed by atoms with van der Waals surface area (Å²) in [5, 5.41) is 0. The van der Waals surface area contributed by atoms with E-state index in [1.807, 2.05) is 0 Å². The molecule has 0 atom stereocenters. The predicted octanol–water partition coefficient (Wildman–Crippen LogP) is -3.10. The van der Waals surface area contributed by atoms with Gasteiger partial charge in [-0.3, -0.25) is 8.42 Å². The number of hydrogen-bond donors (Lipinski definition) is 0.